The summed E-state index contributed by atoms with van der Waals surface area (Å²) in [5.41, 5.74) is 0.962. The Bertz CT molecular complexity index is 1860. The van der Waals surface area contributed by atoms with Crippen LogP contribution in [0.4, 0.5) is 0 Å². The fourth-order valence-electron chi connectivity index (χ4n) is 9.87. The monoisotopic (exact) mass is 1090 g/mol. The number of benzene rings is 1. The highest BCUT2D eigenvalue weighted by atomic mass is 32.2. The number of ether oxygens (including phenoxy) is 6. The Hall–Kier alpha value is -3.31. The maximum Gasteiger partial charge on any atom is 0.306 e. The first-order chi connectivity index (χ1) is 36.6. The number of carbonyl (C=O) groups is 4. The first kappa shape index (κ1) is 68.8. The summed E-state index contributed by atoms with van der Waals surface area (Å²) in [6.45, 7) is 18.5. The van der Waals surface area contributed by atoms with Gasteiger partial charge < -0.3 is 33.5 Å². The number of aliphatic hydroxyl groups excluding tert-OH is 1. The number of aryl methyl sites for hydroxylation is 1. The molecule has 0 bridgehead atoms. The smallest absolute Gasteiger partial charge is 0.306 e. The molecule has 2 aliphatic carbocycles. The van der Waals surface area contributed by atoms with E-state index in [1.807, 2.05) is 46.8 Å². The number of Topliss-reactive ketones (excluding diaryl/α,β-unsaturated/α-hetero) is 2. The van der Waals surface area contributed by atoms with Crippen LogP contribution >= 0.6 is 0 Å². The van der Waals surface area contributed by atoms with Crippen molar-refractivity contribution in [1.29, 1.82) is 0 Å². The molecule has 0 radical (unpaired) electrons. The summed E-state index contributed by atoms with van der Waals surface area (Å²) < 4.78 is 64.3. The molecule has 6 atom stereocenters. The van der Waals surface area contributed by atoms with E-state index in [4.69, 9.17) is 32.6 Å². The molecule has 436 valence electrons. The van der Waals surface area contributed by atoms with Gasteiger partial charge in [0.2, 0.25) is 0 Å². The van der Waals surface area contributed by atoms with Gasteiger partial charge in [-0.2, -0.15) is 8.42 Å². The Morgan fingerprint density at radius 2 is 1.00 bits per heavy atom. The lowest BCUT2D eigenvalue weighted by molar-refractivity contribution is -0.148. The van der Waals surface area contributed by atoms with Gasteiger partial charge >= 0.3 is 11.9 Å². The third-order valence-electron chi connectivity index (χ3n) is 14.1. The van der Waals surface area contributed by atoms with Crippen LogP contribution in [0.1, 0.15) is 188 Å². The van der Waals surface area contributed by atoms with Gasteiger partial charge in [0.25, 0.3) is 10.1 Å². The van der Waals surface area contributed by atoms with Crippen LogP contribution < -0.4 is 0 Å². The standard InChI is InChI=1S/C34H54O8S.C27H48O6/c1-5-6-7-10-13-21-39-23-24-40-22-20-31-29(26-41-43(37,38)30-18-16-28(4)17-19-30)25-33(35)32(31)14-11-8-9-12-15-34(36)42-27(2)3;1-4-5-6-9-12-16-31-18-19-32-17-15-24-23(21-28)20-26(29)25(24)13-10-7-8-11-14-27(30)33-22(2)3/h8,11,16-19,27,29,31-32H,5-7,9-10,12-15,20-26H2,1-4H3;7,10,22-25,28H,4-6,8-9,11-21H2,1-3H3/t29-,31-,32+;23-,24-,25+/m00/s1. The Labute approximate surface area is 459 Å². The van der Waals surface area contributed by atoms with Crippen molar-refractivity contribution in [3.63, 3.8) is 0 Å². The van der Waals surface area contributed by atoms with Crippen molar-refractivity contribution in [2.75, 3.05) is 66.1 Å². The second kappa shape index (κ2) is 42.6. The number of hydrogen-bond acceptors (Lipinski definition) is 14. The SMILES string of the molecule is CCCCCCCOCCOCC[C@H]1[C@H](CO)CC(=O)[C@@H]1CC=CCCCC(=O)OC(C)C.CCCCCCCOCCOCC[C@H]1[C@H](COS(=O)(=O)c2ccc(C)cc2)CC(=O)[C@@H]1CC=CCCCC(=O)OC(C)C. The highest BCUT2D eigenvalue weighted by molar-refractivity contribution is 7.86. The maximum atomic E-state index is 13.1. The minimum atomic E-state index is -3.92. The molecule has 0 saturated heterocycles. The molecular formula is C61H102O14S. The fraction of sp³-hybridized carbons (Fsp3) is 0.770. The average molecular weight is 1090 g/mol. The first-order valence-corrected chi connectivity index (χ1v) is 30.7. The van der Waals surface area contributed by atoms with Gasteiger partial charge in [0, 0.05) is 70.6 Å². The number of rotatable bonds is 43. The Kier molecular flexibility index (Phi) is 38.6. The van der Waals surface area contributed by atoms with E-state index in [0.29, 0.717) is 84.6 Å². The van der Waals surface area contributed by atoms with Crippen LogP contribution in [0.2, 0.25) is 0 Å². The molecule has 0 spiro atoms. The molecule has 0 heterocycles. The zero-order chi connectivity index (χ0) is 55.8. The molecular weight excluding hydrogens is 989 g/mol. The first-order valence-electron chi connectivity index (χ1n) is 29.3. The molecule has 76 heavy (non-hydrogen) atoms. The van der Waals surface area contributed by atoms with Crippen molar-refractivity contribution < 1.29 is 65.3 Å². The van der Waals surface area contributed by atoms with Gasteiger partial charge in [-0.05, 0) is 135 Å². The van der Waals surface area contributed by atoms with E-state index in [9.17, 15) is 32.7 Å². The summed E-state index contributed by atoms with van der Waals surface area (Å²) in [5.74, 6) is -0.322. The molecule has 0 aromatic heterocycles. The molecule has 3 rings (SSSR count). The van der Waals surface area contributed by atoms with Gasteiger partial charge in [-0.1, -0.05) is 107 Å². The van der Waals surface area contributed by atoms with Crippen LogP contribution in [-0.2, 0) is 61.9 Å². The molecule has 14 nitrogen and oxygen atoms in total. The summed E-state index contributed by atoms with van der Waals surface area (Å²) in [5, 5.41) is 9.73. The second-order valence-corrected chi connectivity index (χ2v) is 22.9. The van der Waals surface area contributed by atoms with Gasteiger partial charge in [0.05, 0.1) is 50.1 Å². The van der Waals surface area contributed by atoms with E-state index in [-0.39, 0.29) is 95.8 Å². The predicted molar refractivity (Wildman–Crippen MR) is 299 cm³/mol. The number of hydrogen-bond donors (Lipinski definition) is 1. The molecule has 2 aliphatic rings. The van der Waals surface area contributed by atoms with Crippen LogP contribution in [0.3, 0.4) is 0 Å². The zero-order valence-corrected chi connectivity index (χ0v) is 48.8. The van der Waals surface area contributed by atoms with E-state index in [1.54, 1.807) is 24.3 Å². The van der Waals surface area contributed by atoms with Gasteiger partial charge in [-0.3, -0.25) is 23.4 Å². The van der Waals surface area contributed by atoms with E-state index in [0.717, 1.165) is 57.3 Å². The highest BCUT2D eigenvalue weighted by Gasteiger charge is 2.42. The van der Waals surface area contributed by atoms with Gasteiger partial charge in [0.1, 0.15) is 11.6 Å². The second-order valence-electron chi connectivity index (χ2n) is 21.3. The molecule has 2 fully saturated rings. The average Bonchev–Trinajstić information content (AvgIpc) is 3.85. The Balaban J connectivity index is 0.000000539. The third-order valence-corrected chi connectivity index (χ3v) is 15.3. The van der Waals surface area contributed by atoms with E-state index >= 15 is 0 Å². The number of ketones is 2. The Morgan fingerprint density at radius 3 is 1.43 bits per heavy atom. The predicted octanol–water partition coefficient (Wildman–Crippen LogP) is 12.2. The molecule has 2 saturated carbocycles. The molecule has 1 aromatic rings. The Morgan fingerprint density at radius 1 is 0.579 bits per heavy atom. The number of allylic oxidation sites excluding steroid dienone is 4. The van der Waals surface area contributed by atoms with Crippen LogP contribution in [0, 0.1) is 42.4 Å². The molecule has 1 aromatic carbocycles. The van der Waals surface area contributed by atoms with Gasteiger partial charge in [-0.15, -0.1) is 0 Å². The summed E-state index contributed by atoms with van der Waals surface area (Å²) in [6, 6.07) is 6.56. The summed E-state index contributed by atoms with van der Waals surface area (Å²) in [7, 11) is -3.92. The molecule has 0 unspecified atom stereocenters. The van der Waals surface area contributed by atoms with Gasteiger partial charge in [-0.25, -0.2) is 0 Å². The number of carbonyl (C=O) groups excluding carboxylic acids is 4. The zero-order valence-electron chi connectivity index (χ0n) is 48.0. The van der Waals surface area contributed by atoms with Crippen molar-refractivity contribution in [1.82, 2.24) is 0 Å². The minimum Gasteiger partial charge on any atom is -0.463 e. The quantitative estimate of drug-likeness (QED) is 0.0282. The molecule has 0 aliphatic heterocycles. The van der Waals surface area contributed by atoms with Crippen molar-refractivity contribution in [3.05, 3.63) is 54.1 Å². The molecule has 1 N–H and O–H groups in total. The highest BCUT2D eigenvalue weighted by Crippen LogP contribution is 2.41. The lowest BCUT2D eigenvalue weighted by Crippen LogP contribution is -2.23. The van der Waals surface area contributed by atoms with Crippen molar-refractivity contribution in [3.8, 4) is 0 Å². The van der Waals surface area contributed by atoms with E-state index < -0.39 is 10.1 Å². The molecule has 0 amide bonds. The number of unbranched alkanes of at least 4 members (excludes halogenated alkanes) is 10. The number of esters is 2. The van der Waals surface area contributed by atoms with E-state index in [2.05, 4.69) is 26.0 Å². The van der Waals surface area contributed by atoms with Gasteiger partial charge in [0.15, 0.2) is 0 Å². The molecule has 15 heteroatoms. The van der Waals surface area contributed by atoms with Crippen LogP contribution in [0.25, 0.3) is 0 Å². The summed E-state index contributed by atoms with van der Waals surface area (Å²) in [6.07, 6.45) is 27.3. The summed E-state index contributed by atoms with van der Waals surface area (Å²) >= 11 is 0. The van der Waals surface area contributed by atoms with Crippen LogP contribution in [0.5, 0.6) is 0 Å². The lowest BCUT2D eigenvalue weighted by Gasteiger charge is -2.23. The number of aliphatic hydroxyl groups is 1. The van der Waals surface area contributed by atoms with Crippen molar-refractivity contribution in [2.24, 2.45) is 35.5 Å². The largest absolute Gasteiger partial charge is 0.463 e. The van der Waals surface area contributed by atoms with E-state index in [1.165, 1.54) is 51.4 Å². The van der Waals surface area contributed by atoms with Crippen LogP contribution in [-0.4, -0.2) is 115 Å². The topological polar surface area (TPSA) is 187 Å². The lowest BCUT2D eigenvalue weighted by atomic mass is 9.85. The van der Waals surface area contributed by atoms with Crippen molar-refractivity contribution in [2.45, 2.75) is 207 Å². The third kappa shape index (κ3) is 31.3. The summed E-state index contributed by atoms with van der Waals surface area (Å²) in [4.78, 5) is 49.0. The minimum absolute atomic E-state index is 0.0321. The fourth-order valence-corrected chi connectivity index (χ4v) is 10.8. The van der Waals surface area contributed by atoms with Crippen LogP contribution in [0.15, 0.2) is 53.5 Å². The maximum absolute atomic E-state index is 13.1. The van der Waals surface area contributed by atoms with Crippen molar-refractivity contribution >= 4 is 33.6 Å². The normalized spacial score (nSPS) is 19.9.